The van der Waals surface area contributed by atoms with E-state index in [1.807, 2.05) is 0 Å². The third-order valence-corrected chi connectivity index (χ3v) is 2.66. The number of nitrogens with one attached hydrogen (secondary N) is 1. The fraction of sp³-hybridized carbons (Fsp3) is 0.231. The number of methoxy groups -OCH3 is 1. The van der Waals surface area contributed by atoms with Crippen LogP contribution in [0, 0.1) is 0 Å². The molecule has 1 saturated heterocycles. The Labute approximate surface area is 109 Å². The number of hydrogen-bond donors (Lipinski definition) is 1. The molecule has 0 bridgehead atoms. The van der Waals surface area contributed by atoms with E-state index in [1.54, 1.807) is 36.3 Å². The highest BCUT2D eigenvalue weighted by Gasteiger charge is 2.41. The molecule has 2 atom stereocenters. The number of hydrogen-bond acceptors (Lipinski definition) is 5. The Morgan fingerprint density at radius 2 is 2.00 bits per heavy atom. The molecule has 0 spiro atoms. The molecule has 19 heavy (non-hydrogen) atoms. The van der Waals surface area contributed by atoms with Crippen LogP contribution in [-0.2, 0) is 19.1 Å². The van der Waals surface area contributed by atoms with E-state index in [0.29, 0.717) is 5.56 Å². The molecule has 1 N–H and O–H groups in total. The highest BCUT2D eigenvalue weighted by molar-refractivity contribution is 5.96. The lowest BCUT2D eigenvalue weighted by atomic mass is 10.2. The molecule has 2 rings (SSSR count). The van der Waals surface area contributed by atoms with Crippen molar-refractivity contribution in [1.29, 1.82) is 0 Å². The van der Waals surface area contributed by atoms with Crippen molar-refractivity contribution in [3.63, 3.8) is 0 Å². The van der Waals surface area contributed by atoms with Crippen LogP contribution in [0.3, 0.4) is 0 Å². The summed E-state index contributed by atoms with van der Waals surface area (Å²) in [6, 6.07) is 8.18. The predicted molar refractivity (Wildman–Crippen MR) is 63.8 cm³/mol. The van der Waals surface area contributed by atoms with Crippen molar-refractivity contribution in [1.82, 2.24) is 5.32 Å². The van der Waals surface area contributed by atoms with Crippen LogP contribution in [0.4, 0.5) is 0 Å². The first kappa shape index (κ1) is 13.0. The van der Waals surface area contributed by atoms with Gasteiger partial charge < -0.3 is 14.8 Å². The Morgan fingerprint density at radius 3 is 2.58 bits per heavy atom. The summed E-state index contributed by atoms with van der Waals surface area (Å²) >= 11 is 0. The first-order valence-corrected chi connectivity index (χ1v) is 5.51. The molecule has 1 aromatic rings. The molecule has 1 aliphatic heterocycles. The number of carbonyl (C=O) groups is 2. The Kier molecular flexibility index (Phi) is 3.75. The van der Waals surface area contributed by atoms with Crippen LogP contribution in [0.15, 0.2) is 35.9 Å². The van der Waals surface area contributed by atoms with Gasteiger partial charge in [-0.05, 0) is 12.1 Å². The Hall–Kier alpha value is -2.43. The highest BCUT2D eigenvalue weighted by atomic mass is 16.6. The van der Waals surface area contributed by atoms with Gasteiger partial charge in [-0.1, -0.05) is 18.2 Å². The van der Waals surface area contributed by atoms with Gasteiger partial charge in [0.15, 0.2) is 6.23 Å². The molecule has 0 aromatic heterocycles. The standard InChI is InChI=1S/C13H11NO5/c1-18-12-9(7-15)10(11(16)14-12)19-13(17)8-5-3-2-4-6-8/h2-6,10,12H,1H3,(H,14,16). The largest absolute Gasteiger partial charge is 0.443 e. The van der Waals surface area contributed by atoms with Gasteiger partial charge in [-0.2, -0.15) is 0 Å². The molecule has 6 nitrogen and oxygen atoms in total. The zero-order valence-corrected chi connectivity index (χ0v) is 10.1. The van der Waals surface area contributed by atoms with E-state index >= 15 is 0 Å². The number of carbonyl (C=O) groups excluding carboxylic acids is 3. The van der Waals surface area contributed by atoms with Crippen LogP contribution in [0.25, 0.3) is 0 Å². The molecule has 0 saturated carbocycles. The number of benzene rings is 1. The Balaban J connectivity index is 2.17. The number of ether oxygens (including phenoxy) is 2. The summed E-state index contributed by atoms with van der Waals surface area (Å²) in [7, 11) is 1.32. The van der Waals surface area contributed by atoms with E-state index < -0.39 is 24.2 Å². The molecule has 0 radical (unpaired) electrons. The molecule has 1 aromatic carbocycles. The number of rotatable bonds is 3. The lowest BCUT2D eigenvalue weighted by Crippen LogP contribution is -2.30. The predicted octanol–water partition coefficient (Wildman–Crippen LogP) is 0.0723. The van der Waals surface area contributed by atoms with Crippen LogP contribution >= 0.6 is 0 Å². The van der Waals surface area contributed by atoms with Crippen molar-refractivity contribution < 1.29 is 23.9 Å². The van der Waals surface area contributed by atoms with Crippen LogP contribution in [0.2, 0.25) is 0 Å². The monoisotopic (exact) mass is 261 g/mol. The second-order valence-corrected chi connectivity index (χ2v) is 3.83. The van der Waals surface area contributed by atoms with E-state index in [9.17, 15) is 14.4 Å². The minimum atomic E-state index is -1.30. The molecular formula is C13H11NO5. The van der Waals surface area contributed by atoms with Crippen molar-refractivity contribution in [3.05, 3.63) is 41.5 Å². The molecule has 1 amide bonds. The minimum absolute atomic E-state index is 0.0724. The summed E-state index contributed by atoms with van der Waals surface area (Å²) in [5.41, 5.74) is 0.221. The third kappa shape index (κ3) is 2.54. The highest BCUT2D eigenvalue weighted by Crippen LogP contribution is 2.19. The van der Waals surface area contributed by atoms with E-state index in [1.165, 1.54) is 7.11 Å². The summed E-state index contributed by atoms with van der Waals surface area (Å²) in [4.78, 5) is 34.3. The fourth-order valence-electron chi connectivity index (χ4n) is 1.72. The van der Waals surface area contributed by atoms with E-state index in [-0.39, 0.29) is 5.57 Å². The van der Waals surface area contributed by atoms with Gasteiger partial charge >= 0.3 is 5.97 Å². The smallest absolute Gasteiger partial charge is 0.339 e. The molecule has 6 heteroatoms. The van der Waals surface area contributed by atoms with Crippen LogP contribution in [0.1, 0.15) is 10.4 Å². The number of amides is 1. The van der Waals surface area contributed by atoms with Gasteiger partial charge in [0.25, 0.3) is 5.91 Å². The Morgan fingerprint density at radius 1 is 1.32 bits per heavy atom. The number of esters is 1. The van der Waals surface area contributed by atoms with Crippen molar-refractivity contribution in [2.75, 3.05) is 7.11 Å². The molecule has 2 unspecified atom stereocenters. The molecular weight excluding hydrogens is 250 g/mol. The van der Waals surface area contributed by atoms with Crippen molar-refractivity contribution in [2.24, 2.45) is 0 Å². The average molecular weight is 261 g/mol. The van der Waals surface area contributed by atoms with E-state index in [4.69, 9.17) is 9.47 Å². The summed E-state index contributed by atoms with van der Waals surface area (Å²) in [6.07, 6.45) is -2.20. The molecule has 1 heterocycles. The zero-order valence-electron chi connectivity index (χ0n) is 10.1. The second-order valence-electron chi connectivity index (χ2n) is 3.83. The lowest BCUT2D eigenvalue weighted by molar-refractivity contribution is -0.126. The maximum atomic E-state index is 11.8. The van der Waals surface area contributed by atoms with Crippen molar-refractivity contribution >= 4 is 17.8 Å². The zero-order chi connectivity index (χ0) is 13.8. The van der Waals surface area contributed by atoms with Crippen molar-refractivity contribution in [3.8, 4) is 0 Å². The molecule has 1 fully saturated rings. The first-order valence-electron chi connectivity index (χ1n) is 5.51. The van der Waals surface area contributed by atoms with Gasteiger partial charge in [-0.15, -0.1) is 0 Å². The van der Waals surface area contributed by atoms with E-state index in [0.717, 1.165) is 0 Å². The SMILES string of the molecule is COC1NC(=O)C(OC(=O)c2ccccc2)C1=C=O. The normalized spacial score (nSPS) is 21.7. The molecule has 0 aliphatic carbocycles. The quantitative estimate of drug-likeness (QED) is 0.615. The maximum Gasteiger partial charge on any atom is 0.339 e. The minimum Gasteiger partial charge on any atom is -0.443 e. The van der Waals surface area contributed by atoms with Gasteiger partial charge in [-0.25, -0.2) is 9.59 Å². The Bertz CT molecular complexity index is 547. The van der Waals surface area contributed by atoms with E-state index in [2.05, 4.69) is 5.32 Å². The summed E-state index contributed by atoms with van der Waals surface area (Å²) in [5.74, 6) is 0.291. The topological polar surface area (TPSA) is 81.7 Å². The fourth-order valence-corrected chi connectivity index (χ4v) is 1.72. The average Bonchev–Trinajstić information content (AvgIpc) is 2.75. The lowest BCUT2D eigenvalue weighted by Gasteiger charge is -2.10. The van der Waals surface area contributed by atoms with Gasteiger partial charge in [0, 0.05) is 7.11 Å². The van der Waals surface area contributed by atoms with Crippen LogP contribution in [0.5, 0.6) is 0 Å². The molecule has 1 aliphatic rings. The van der Waals surface area contributed by atoms with Gasteiger partial charge in [0.1, 0.15) is 11.5 Å². The van der Waals surface area contributed by atoms with Gasteiger partial charge in [0.2, 0.25) is 6.10 Å². The third-order valence-electron chi connectivity index (χ3n) is 2.66. The maximum absolute atomic E-state index is 11.8. The first-order chi connectivity index (χ1) is 9.17. The van der Waals surface area contributed by atoms with Crippen LogP contribution < -0.4 is 5.32 Å². The summed E-state index contributed by atoms with van der Waals surface area (Å²) in [6.45, 7) is 0. The van der Waals surface area contributed by atoms with Crippen LogP contribution in [-0.4, -0.2) is 37.3 Å². The van der Waals surface area contributed by atoms with Gasteiger partial charge in [0.05, 0.1) is 5.56 Å². The summed E-state index contributed by atoms with van der Waals surface area (Å²) in [5, 5.41) is 2.37. The van der Waals surface area contributed by atoms with Crippen molar-refractivity contribution in [2.45, 2.75) is 12.3 Å². The molecule has 98 valence electrons. The summed E-state index contributed by atoms with van der Waals surface area (Å²) < 4.78 is 9.89. The van der Waals surface area contributed by atoms with Gasteiger partial charge in [-0.3, -0.25) is 4.79 Å². The second kappa shape index (κ2) is 5.48.